The van der Waals surface area contributed by atoms with Crippen molar-refractivity contribution in [2.45, 2.75) is 31.3 Å². The van der Waals surface area contributed by atoms with Crippen LogP contribution >= 0.6 is 23.2 Å². The fraction of sp³-hybridized carbons (Fsp3) is 0.500. The van der Waals surface area contributed by atoms with Gasteiger partial charge in [-0.15, -0.1) is 0 Å². The minimum absolute atomic E-state index is 0.0207. The van der Waals surface area contributed by atoms with E-state index in [0.29, 0.717) is 16.5 Å². The van der Waals surface area contributed by atoms with Gasteiger partial charge >= 0.3 is 5.97 Å². The van der Waals surface area contributed by atoms with Crippen molar-refractivity contribution in [1.82, 2.24) is 4.90 Å². The quantitative estimate of drug-likeness (QED) is 0.702. The van der Waals surface area contributed by atoms with Crippen molar-refractivity contribution in [3.63, 3.8) is 0 Å². The topological polar surface area (TPSA) is 80.8 Å². The molecule has 0 radical (unpaired) electrons. The summed E-state index contributed by atoms with van der Waals surface area (Å²) in [5.41, 5.74) is 0.159. The lowest BCUT2D eigenvalue weighted by molar-refractivity contribution is -0.137. The SMILES string of the molecule is O=C(OCC(=O)N(C1CC1)[C@H]1CCS(=O)(=O)C1)c1cc(Cl)cc(Cl)c1. The molecule has 0 spiro atoms. The number of nitrogens with zero attached hydrogens (tertiary/aromatic N) is 1. The fourth-order valence-corrected chi connectivity index (χ4v) is 5.25. The van der Waals surface area contributed by atoms with Gasteiger partial charge in [0.15, 0.2) is 16.4 Å². The second kappa shape index (κ2) is 7.13. The molecule has 1 aromatic rings. The zero-order valence-electron chi connectivity index (χ0n) is 13.3. The number of rotatable bonds is 5. The number of hydrogen-bond acceptors (Lipinski definition) is 5. The molecule has 2 aliphatic rings. The smallest absolute Gasteiger partial charge is 0.338 e. The summed E-state index contributed by atoms with van der Waals surface area (Å²) in [4.78, 5) is 26.2. The van der Waals surface area contributed by atoms with Gasteiger partial charge in [-0.05, 0) is 37.5 Å². The summed E-state index contributed by atoms with van der Waals surface area (Å²) in [6.07, 6.45) is 2.13. The summed E-state index contributed by atoms with van der Waals surface area (Å²) in [5.74, 6) is -0.999. The number of benzene rings is 1. The number of hydrogen-bond donors (Lipinski definition) is 0. The lowest BCUT2D eigenvalue weighted by Crippen LogP contribution is -2.44. The lowest BCUT2D eigenvalue weighted by atomic mass is 10.2. The summed E-state index contributed by atoms with van der Waals surface area (Å²) in [5, 5.41) is 0.586. The largest absolute Gasteiger partial charge is 0.452 e. The summed E-state index contributed by atoms with van der Waals surface area (Å²) >= 11 is 11.7. The Hall–Kier alpha value is -1.31. The van der Waals surface area contributed by atoms with E-state index in [1.54, 1.807) is 4.90 Å². The summed E-state index contributed by atoms with van der Waals surface area (Å²) in [7, 11) is -3.09. The third-order valence-electron chi connectivity index (χ3n) is 4.26. The van der Waals surface area contributed by atoms with Gasteiger partial charge < -0.3 is 9.64 Å². The first-order valence-electron chi connectivity index (χ1n) is 7.90. The molecule has 1 atom stereocenters. The van der Waals surface area contributed by atoms with Crippen LogP contribution in [0.25, 0.3) is 0 Å². The normalized spacial score (nSPS) is 21.8. The molecular formula is C16H17Cl2NO5S. The van der Waals surface area contributed by atoms with E-state index >= 15 is 0 Å². The predicted molar refractivity (Wildman–Crippen MR) is 93.7 cm³/mol. The van der Waals surface area contributed by atoms with Crippen molar-refractivity contribution in [1.29, 1.82) is 0 Å². The van der Waals surface area contributed by atoms with Crippen molar-refractivity contribution in [3.8, 4) is 0 Å². The van der Waals surface area contributed by atoms with Crippen LogP contribution in [0.4, 0.5) is 0 Å². The van der Waals surface area contributed by atoms with E-state index in [1.165, 1.54) is 18.2 Å². The highest BCUT2D eigenvalue weighted by molar-refractivity contribution is 7.91. The van der Waals surface area contributed by atoms with Crippen molar-refractivity contribution < 1.29 is 22.7 Å². The molecule has 1 heterocycles. The fourth-order valence-electron chi connectivity index (χ4n) is 3.01. The highest BCUT2D eigenvalue weighted by atomic mass is 35.5. The lowest BCUT2D eigenvalue weighted by Gasteiger charge is -2.28. The van der Waals surface area contributed by atoms with Gasteiger partial charge in [-0.2, -0.15) is 0 Å². The maximum Gasteiger partial charge on any atom is 0.338 e. The third kappa shape index (κ3) is 4.65. The van der Waals surface area contributed by atoms with Crippen LogP contribution in [-0.4, -0.2) is 55.4 Å². The van der Waals surface area contributed by atoms with Crippen LogP contribution in [0.1, 0.15) is 29.6 Å². The highest BCUT2D eigenvalue weighted by Gasteiger charge is 2.42. The zero-order valence-corrected chi connectivity index (χ0v) is 15.6. The van der Waals surface area contributed by atoms with Crippen LogP contribution in [-0.2, 0) is 19.4 Å². The first-order valence-corrected chi connectivity index (χ1v) is 10.5. The molecule has 0 unspecified atom stereocenters. The van der Waals surface area contributed by atoms with Gasteiger partial charge in [0, 0.05) is 22.1 Å². The van der Waals surface area contributed by atoms with Gasteiger partial charge in [-0.1, -0.05) is 23.2 Å². The molecule has 1 saturated carbocycles. The minimum atomic E-state index is -3.09. The van der Waals surface area contributed by atoms with E-state index in [9.17, 15) is 18.0 Å². The van der Waals surface area contributed by atoms with E-state index < -0.39 is 22.4 Å². The average molecular weight is 406 g/mol. The summed E-state index contributed by atoms with van der Waals surface area (Å²) in [6, 6.07) is 4.01. The number of halogens is 2. The van der Waals surface area contributed by atoms with Gasteiger partial charge in [-0.25, -0.2) is 13.2 Å². The van der Waals surface area contributed by atoms with Gasteiger partial charge in [-0.3, -0.25) is 4.79 Å². The second-order valence-corrected chi connectivity index (χ2v) is 9.42. The maximum atomic E-state index is 12.5. The maximum absolute atomic E-state index is 12.5. The molecule has 0 bridgehead atoms. The van der Waals surface area contributed by atoms with Gasteiger partial charge in [0.1, 0.15) is 0 Å². The van der Waals surface area contributed by atoms with Gasteiger partial charge in [0.25, 0.3) is 5.91 Å². The Morgan fingerprint density at radius 1 is 1.08 bits per heavy atom. The van der Waals surface area contributed by atoms with Crippen LogP contribution in [0.3, 0.4) is 0 Å². The first-order chi connectivity index (χ1) is 11.7. The molecule has 1 aromatic carbocycles. The zero-order chi connectivity index (χ0) is 18.2. The van der Waals surface area contributed by atoms with Crippen molar-refractivity contribution in [2.75, 3.05) is 18.1 Å². The molecule has 1 amide bonds. The van der Waals surface area contributed by atoms with Crippen molar-refractivity contribution >= 4 is 44.9 Å². The van der Waals surface area contributed by atoms with E-state index in [4.69, 9.17) is 27.9 Å². The summed E-state index contributed by atoms with van der Waals surface area (Å²) < 4.78 is 28.4. The standard InChI is InChI=1S/C16H17Cl2NO5S/c17-11-5-10(6-12(18)7-11)16(21)24-8-15(20)19(13-1-2-13)14-3-4-25(22,23)9-14/h5-7,13-14H,1-4,8-9H2/t14-/m0/s1. The number of esters is 1. The van der Waals surface area contributed by atoms with Crippen molar-refractivity contribution in [2.24, 2.45) is 0 Å². The number of carbonyl (C=O) groups excluding carboxylic acids is 2. The average Bonchev–Trinajstić information content (AvgIpc) is 3.27. The number of ether oxygens (including phenoxy) is 1. The predicted octanol–water partition coefficient (Wildman–Crippen LogP) is 2.33. The van der Waals surface area contributed by atoms with E-state index in [-0.39, 0.29) is 35.1 Å². The molecule has 2 fully saturated rings. The highest BCUT2D eigenvalue weighted by Crippen LogP contribution is 2.32. The molecule has 1 saturated heterocycles. The number of amides is 1. The molecule has 6 nitrogen and oxygen atoms in total. The van der Waals surface area contributed by atoms with Gasteiger partial charge in [0.05, 0.1) is 17.1 Å². The Balaban J connectivity index is 1.63. The molecular weight excluding hydrogens is 389 g/mol. The number of sulfone groups is 1. The van der Waals surface area contributed by atoms with Crippen LogP contribution in [0.2, 0.25) is 10.0 Å². The number of carbonyl (C=O) groups is 2. The minimum Gasteiger partial charge on any atom is -0.452 e. The molecule has 136 valence electrons. The Morgan fingerprint density at radius 3 is 2.24 bits per heavy atom. The Bertz CT molecular complexity index is 786. The van der Waals surface area contributed by atoms with Crippen LogP contribution < -0.4 is 0 Å². The van der Waals surface area contributed by atoms with Gasteiger partial charge in [0.2, 0.25) is 0 Å². The molecule has 1 aliphatic carbocycles. The molecule has 25 heavy (non-hydrogen) atoms. The molecule has 0 aromatic heterocycles. The van der Waals surface area contributed by atoms with E-state index in [0.717, 1.165) is 12.8 Å². The van der Waals surface area contributed by atoms with Crippen LogP contribution in [0.5, 0.6) is 0 Å². The van der Waals surface area contributed by atoms with Crippen molar-refractivity contribution in [3.05, 3.63) is 33.8 Å². The Labute approximate surface area is 155 Å². The summed E-state index contributed by atoms with van der Waals surface area (Å²) in [6.45, 7) is -0.435. The molecule has 1 aliphatic heterocycles. The Morgan fingerprint density at radius 2 is 1.72 bits per heavy atom. The van der Waals surface area contributed by atoms with Crippen LogP contribution in [0, 0.1) is 0 Å². The molecule has 3 rings (SSSR count). The monoisotopic (exact) mass is 405 g/mol. The van der Waals surface area contributed by atoms with Crippen LogP contribution in [0.15, 0.2) is 18.2 Å². The third-order valence-corrected chi connectivity index (χ3v) is 6.44. The second-order valence-electron chi connectivity index (χ2n) is 6.32. The van der Waals surface area contributed by atoms with E-state index in [1.807, 2.05) is 0 Å². The first kappa shape index (κ1) is 18.5. The van der Waals surface area contributed by atoms with E-state index in [2.05, 4.69) is 0 Å². The Kier molecular flexibility index (Phi) is 5.27. The molecule has 0 N–H and O–H groups in total. The molecule has 9 heteroatoms.